The van der Waals surface area contributed by atoms with Gasteiger partial charge in [-0.2, -0.15) is 0 Å². The first kappa shape index (κ1) is 9.45. The number of rotatable bonds is 3. The van der Waals surface area contributed by atoms with Crippen LogP contribution in [0.2, 0.25) is 0 Å². The number of allylic oxidation sites excluding steroid dienone is 1. The van der Waals surface area contributed by atoms with E-state index in [0.29, 0.717) is 6.29 Å². The molecule has 0 saturated carbocycles. The lowest BCUT2D eigenvalue weighted by Crippen LogP contribution is -1.87. The molecule has 0 aromatic heterocycles. The Bertz CT molecular complexity index is 332. The molecular formula is C10H9FO2. The SMILES string of the molecule is COc1cc(C=CC=O)ccc1F. The molecule has 0 aliphatic heterocycles. The van der Waals surface area contributed by atoms with E-state index in [-0.39, 0.29) is 5.75 Å². The highest BCUT2D eigenvalue weighted by molar-refractivity contribution is 5.74. The van der Waals surface area contributed by atoms with Gasteiger partial charge in [0.05, 0.1) is 7.11 Å². The summed E-state index contributed by atoms with van der Waals surface area (Å²) in [5.41, 5.74) is 0.727. The summed E-state index contributed by atoms with van der Waals surface area (Å²) in [6.45, 7) is 0. The van der Waals surface area contributed by atoms with E-state index >= 15 is 0 Å². The molecule has 68 valence electrons. The van der Waals surface area contributed by atoms with E-state index in [1.165, 1.54) is 25.3 Å². The van der Waals surface area contributed by atoms with Crippen LogP contribution in [0.15, 0.2) is 24.3 Å². The van der Waals surface area contributed by atoms with Crippen molar-refractivity contribution < 1.29 is 13.9 Å². The Balaban J connectivity index is 2.99. The molecule has 1 rings (SSSR count). The molecule has 0 saturated heterocycles. The number of aldehydes is 1. The summed E-state index contributed by atoms with van der Waals surface area (Å²) < 4.78 is 17.6. The Kier molecular flexibility index (Phi) is 3.20. The van der Waals surface area contributed by atoms with Crippen molar-refractivity contribution in [2.24, 2.45) is 0 Å². The molecule has 3 heteroatoms. The minimum Gasteiger partial charge on any atom is -0.494 e. The fourth-order valence-corrected chi connectivity index (χ4v) is 0.930. The molecule has 0 N–H and O–H groups in total. The van der Waals surface area contributed by atoms with Crippen molar-refractivity contribution in [3.05, 3.63) is 35.7 Å². The van der Waals surface area contributed by atoms with Crippen LogP contribution < -0.4 is 4.74 Å². The molecule has 0 bridgehead atoms. The van der Waals surface area contributed by atoms with Crippen LogP contribution >= 0.6 is 0 Å². The van der Waals surface area contributed by atoms with Gasteiger partial charge in [-0.05, 0) is 23.8 Å². The van der Waals surface area contributed by atoms with E-state index in [1.54, 1.807) is 12.1 Å². The molecule has 0 heterocycles. The van der Waals surface area contributed by atoms with E-state index in [0.717, 1.165) is 5.56 Å². The Hall–Kier alpha value is -1.64. The van der Waals surface area contributed by atoms with Crippen molar-refractivity contribution in [2.45, 2.75) is 0 Å². The lowest BCUT2D eigenvalue weighted by Gasteiger charge is -2.01. The number of hydrogen-bond acceptors (Lipinski definition) is 2. The van der Waals surface area contributed by atoms with Crippen LogP contribution in [0.3, 0.4) is 0 Å². The van der Waals surface area contributed by atoms with Crippen LogP contribution in [0.4, 0.5) is 4.39 Å². The fraction of sp³-hybridized carbons (Fsp3) is 0.100. The monoisotopic (exact) mass is 180 g/mol. The third-order valence-electron chi connectivity index (χ3n) is 1.54. The number of ether oxygens (including phenoxy) is 1. The van der Waals surface area contributed by atoms with Crippen molar-refractivity contribution in [1.29, 1.82) is 0 Å². The third-order valence-corrected chi connectivity index (χ3v) is 1.54. The van der Waals surface area contributed by atoms with Gasteiger partial charge in [-0.15, -0.1) is 0 Å². The predicted octanol–water partition coefficient (Wildman–Crippen LogP) is 2.05. The summed E-state index contributed by atoms with van der Waals surface area (Å²) in [5, 5.41) is 0. The molecule has 13 heavy (non-hydrogen) atoms. The minimum absolute atomic E-state index is 0.174. The normalized spacial score (nSPS) is 10.3. The molecule has 0 radical (unpaired) electrons. The van der Waals surface area contributed by atoms with E-state index in [4.69, 9.17) is 4.74 Å². The topological polar surface area (TPSA) is 26.3 Å². The molecule has 0 atom stereocenters. The van der Waals surface area contributed by atoms with Gasteiger partial charge in [-0.25, -0.2) is 4.39 Å². The molecule has 0 spiro atoms. The molecular weight excluding hydrogens is 171 g/mol. The summed E-state index contributed by atoms with van der Waals surface area (Å²) in [5.74, 6) is -0.237. The van der Waals surface area contributed by atoms with Crippen LogP contribution in [0.25, 0.3) is 6.08 Å². The number of hydrogen-bond donors (Lipinski definition) is 0. The van der Waals surface area contributed by atoms with Crippen molar-refractivity contribution in [1.82, 2.24) is 0 Å². The smallest absolute Gasteiger partial charge is 0.165 e. The Morgan fingerprint density at radius 1 is 1.46 bits per heavy atom. The second kappa shape index (κ2) is 4.40. The second-order valence-corrected chi connectivity index (χ2v) is 2.39. The van der Waals surface area contributed by atoms with Gasteiger partial charge in [0.15, 0.2) is 11.6 Å². The molecule has 0 unspecified atom stereocenters. The van der Waals surface area contributed by atoms with Gasteiger partial charge in [-0.3, -0.25) is 4.79 Å². The number of carbonyl (C=O) groups is 1. The van der Waals surface area contributed by atoms with Crippen LogP contribution in [-0.2, 0) is 4.79 Å². The first-order valence-corrected chi connectivity index (χ1v) is 3.73. The number of carbonyl (C=O) groups excluding carboxylic acids is 1. The summed E-state index contributed by atoms with van der Waals surface area (Å²) >= 11 is 0. The van der Waals surface area contributed by atoms with Crippen molar-refractivity contribution >= 4 is 12.4 Å². The number of benzene rings is 1. The van der Waals surface area contributed by atoms with Gasteiger partial charge >= 0.3 is 0 Å². The Morgan fingerprint density at radius 2 is 2.23 bits per heavy atom. The largest absolute Gasteiger partial charge is 0.494 e. The zero-order valence-corrected chi connectivity index (χ0v) is 7.16. The highest BCUT2D eigenvalue weighted by Gasteiger charge is 2.00. The van der Waals surface area contributed by atoms with Crippen molar-refractivity contribution in [3.8, 4) is 5.75 Å². The van der Waals surface area contributed by atoms with Crippen molar-refractivity contribution in [3.63, 3.8) is 0 Å². The van der Waals surface area contributed by atoms with Crippen LogP contribution in [0.5, 0.6) is 5.75 Å². The first-order chi connectivity index (χ1) is 6.27. The number of methoxy groups -OCH3 is 1. The summed E-state index contributed by atoms with van der Waals surface area (Å²) in [6.07, 6.45) is 3.58. The second-order valence-electron chi connectivity index (χ2n) is 2.39. The first-order valence-electron chi connectivity index (χ1n) is 3.73. The molecule has 0 amide bonds. The fourth-order valence-electron chi connectivity index (χ4n) is 0.930. The average molecular weight is 180 g/mol. The van der Waals surface area contributed by atoms with Crippen LogP contribution in [0, 0.1) is 5.82 Å². The number of halogens is 1. The molecule has 2 nitrogen and oxygen atoms in total. The third kappa shape index (κ3) is 2.40. The van der Waals surface area contributed by atoms with E-state index < -0.39 is 5.82 Å². The maximum atomic E-state index is 12.9. The van der Waals surface area contributed by atoms with E-state index in [2.05, 4.69) is 0 Å². The van der Waals surface area contributed by atoms with Gasteiger partial charge in [0.2, 0.25) is 0 Å². The van der Waals surface area contributed by atoms with Crippen LogP contribution in [0.1, 0.15) is 5.56 Å². The van der Waals surface area contributed by atoms with Gasteiger partial charge in [0.25, 0.3) is 0 Å². The van der Waals surface area contributed by atoms with Crippen LogP contribution in [-0.4, -0.2) is 13.4 Å². The van der Waals surface area contributed by atoms with Gasteiger partial charge in [0, 0.05) is 0 Å². The summed E-state index contributed by atoms with van der Waals surface area (Å²) in [4.78, 5) is 10.0. The molecule has 1 aromatic carbocycles. The highest BCUT2D eigenvalue weighted by Crippen LogP contribution is 2.18. The lowest BCUT2D eigenvalue weighted by atomic mass is 10.2. The maximum Gasteiger partial charge on any atom is 0.165 e. The van der Waals surface area contributed by atoms with Gasteiger partial charge in [-0.1, -0.05) is 12.1 Å². The van der Waals surface area contributed by atoms with E-state index in [9.17, 15) is 9.18 Å². The Morgan fingerprint density at radius 3 is 2.85 bits per heavy atom. The molecule has 0 fully saturated rings. The zero-order chi connectivity index (χ0) is 9.68. The molecule has 1 aromatic rings. The maximum absolute atomic E-state index is 12.9. The summed E-state index contributed by atoms with van der Waals surface area (Å²) in [7, 11) is 1.39. The highest BCUT2D eigenvalue weighted by atomic mass is 19.1. The van der Waals surface area contributed by atoms with Gasteiger partial charge < -0.3 is 4.74 Å². The standard InChI is InChI=1S/C10H9FO2/c1-13-10-7-8(3-2-6-12)4-5-9(10)11/h2-7H,1H3. The Labute approximate surface area is 75.6 Å². The average Bonchev–Trinajstić information content (AvgIpc) is 2.16. The van der Waals surface area contributed by atoms with Gasteiger partial charge in [0.1, 0.15) is 6.29 Å². The lowest BCUT2D eigenvalue weighted by molar-refractivity contribution is -0.104. The quantitative estimate of drug-likeness (QED) is 0.525. The zero-order valence-electron chi connectivity index (χ0n) is 7.16. The van der Waals surface area contributed by atoms with Crippen molar-refractivity contribution in [2.75, 3.05) is 7.11 Å². The van der Waals surface area contributed by atoms with E-state index in [1.807, 2.05) is 0 Å². The molecule has 0 aliphatic carbocycles. The molecule has 0 aliphatic rings. The minimum atomic E-state index is -0.411. The summed E-state index contributed by atoms with van der Waals surface area (Å²) in [6, 6.07) is 4.39. The predicted molar refractivity (Wildman–Crippen MR) is 48.1 cm³/mol.